The number of rotatable bonds is 7. The summed E-state index contributed by atoms with van der Waals surface area (Å²) in [6.45, 7) is 6.02. The Labute approximate surface area is 118 Å². The molecule has 0 aliphatic carbocycles. The number of furan rings is 1. The van der Waals surface area contributed by atoms with E-state index in [1.165, 1.54) is 12.1 Å². The molecule has 0 aliphatic rings. The predicted molar refractivity (Wildman–Crippen MR) is 76.2 cm³/mol. The molecule has 108 valence electrons. The van der Waals surface area contributed by atoms with Crippen molar-refractivity contribution in [2.75, 3.05) is 6.54 Å². The maximum absolute atomic E-state index is 13.2. The van der Waals surface area contributed by atoms with E-state index in [1.807, 2.05) is 13.0 Å². The van der Waals surface area contributed by atoms with Crippen molar-refractivity contribution >= 4 is 0 Å². The van der Waals surface area contributed by atoms with Gasteiger partial charge in [-0.1, -0.05) is 13.0 Å². The minimum Gasteiger partial charge on any atom is -0.488 e. The Kier molecular flexibility index (Phi) is 5.18. The third-order valence-corrected chi connectivity index (χ3v) is 3.08. The molecule has 3 nitrogen and oxygen atoms in total. The highest BCUT2D eigenvalue weighted by Gasteiger charge is 2.08. The molecule has 0 atom stereocenters. The van der Waals surface area contributed by atoms with Gasteiger partial charge in [0.15, 0.2) is 0 Å². The van der Waals surface area contributed by atoms with Gasteiger partial charge in [-0.3, -0.25) is 0 Å². The van der Waals surface area contributed by atoms with Gasteiger partial charge in [-0.2, -0.15) is 0 Å². The van der Waals surface area contributed by atoms with E-state index in [9.17, 15) is 4.39 Å². The van der Waals surface area contributed by atoms with Crippen LogP contribution in [0.4, 0.5) is 4.39 Å². The molecule has 0 spiro atoms. The average molecular weight is 277 g/mol. The molecule has 1 heterocycles. The number of ether oxygens (including phenoxy) is 1. The Morgan fingerprint density at radius 2 is 2.15 bits per heavy atom. The highest BCUT2D eigenvalue weighted by molar-refractivity contribution is 5.33. The summed E-state index contributed by atoms with van der Waals surface area (Å²) < 4.78 is 24.3. The summed E-state index contributed by atoms with van der Waals surface area (Å²) in [5, 5.41) is 3.29. The Bertz CT molecular complexity index is 551. The van der Waals surface area contributed by atoms with E-state index in [1.54, 1.807) is 12.3 Å². The van der Waals surface area contributed by atoms with Gasteiger partial charge in [-0.25, -0.2) is 4.39 Å². The number of halogens is 1. The summed E-state index contributed by atoms with van der Waals surface area (Å²) in [4.78, 5) is 0. The SMILES string of the molecule is CCCNCc1occc1COc1cc(F)ccc1C. The molecule has 0 bridgehead atoms. The van der Waals surface area contributed by atoms with Crippen molar-refractivity contribution < 1.29 is 13.5 Å². The van der Waals surface area contributed by atoms with Gasteiger partial charge in [-0.15, -0.1) is 0 Å². The van der Waals surface area contributed by atoms with Crippen LogP contribution in [0.5, 0.6) is 5.75 Å². The van der Waals surface area contributed by atoms with Gasteiger partial charge in [-0.05, 0) is 37.6 Å². The largest absolute Gasteiger partial charge is 0.488 e. The zero-order valence-electron chi connectivity index (χ0n) is 11.9. The van der Waals surface area contributed by atoms with Gasteiger partial charge >= 0.3 is 0 Å². The molecule has 1 aromatic heterocycles. The molecule has 0 saturated carbocycles. The van der Waals surface area contributed by atoms with Gasteiger partial charge in [0.2, 0.25) is 0 Å². The van der Waals surface area contributed by atoms with Crippen LogP contribution in [0, 0.1) is 12.7 Å². The summed E-state index contributed by atoms with van der Waals surface area (Å²) in [5.41, 5.74) is 1.90. The zero-order chi connectivity index (χ0) is 14.4. The van der Waals surface area contributed by atoms with Gasteiger partial charge in [0.1, 0.15) is 23.9 Å². The summed E-state index contributed by atoms with van der Waals surface area (Å²) in [7, 11) is 0. The molecule has 0 aliphatic heterocycles. The second kappa shape index (κ2) is 7.10. The van der Waals surface area contributed by atoms with E-state index in [4.69, 9.17) is 9.15 Å². The van der Waals surface area contributed by atoms with E-state index in [-0.39, 0.29) is 5.82 Å². The minimum atomic E-state index is -0.289. The molecular formula is C16H20FNO2. The highest BCUT2D eigenvalue weighted by Crippen LogP contribution is 2.21. The molecule has 0 saturated heterocycles. The lowest BCUT2D eigenvalue weighted by Gasteiger charge is -2.09. The van der Waals surface area contributed by atoms with Gasteiger partial charge in [0, 0.05) is 11.6 Å². The van der Waals surface area contributed by atoms with Gasteiger partial charge in [0.25, 0.3) is 0 Å². The van der Waals surface area contributed by atoms with Crippen molar-refractivity contribution in [1.29, 1.82) is 0 Å². The molecular weight excluding hydrogens is 257 g/mol. The topological polar surface area (TPSA) is 34.4 Å². The number of hydrogen-bond acceptors (Lipinski definition) is 3. The molecule has 0 amide bonds. The van der Waals surface area contributed by atoms with Crippen molar-refractivity contribution in [2.45, 2.75) is 33.4 Å². The summed E-state index contributed by atoms with van der Waals surface area (Å²) in [6.07, 6.45) is 2.73. The smallest absolute Gasteiger partial charge is 0.126 e. The predicted octanol–water partition coefficient (Wildman–Crippen LogP) is 3.81. The number of benzene rings is 1. The van der Waals surface area contributed by atoms with Crippen LogP contribution in [0.3, 0.4) is 0 Å². The standard InChI is InChI=1S/C16H20FNO2/c1-3-7-18-10-16-13(6-8-19-16)11-20-15-9-14(17)5-4-12(15)2/h4-6,8-9,18H,3,7,10-11H2,1-2H3. The fourth-order valence-corrected chi connectivity index (χ4v) is 1.91. The maximum Gasteiger partial charge on any atom is 0.126 e. The van der Waals surface area contributed by atoms with E-state index in [2.05, 4.69) is 12.2 Å². The fraction of sp³-hybridized carbons (Fsp3) is 0.375. The zero-order valence-corrected chi connectivity index (χ0v) is 11.9. The van der Waals surface area contributed by atoms with Crippen molar-refractivity contribution in [3.8, 4) is 5.75 Å². The lowest BCUT2D eigenvalue weighted by atomic mass is 10.2. The monoisotopic (exact) mass is 277 g/mol. The molecule has 0 radical (unpaired) electrons. The van der Waals surface area contributed by atoms with Crippen LogP contribution in [0.15, 0.2) is 34.9 Å². The fourth-order valence-electron chi connectivity index (χ4n) is 1.91. The van der Waals surface area contributed by atoms with Crippen LogP contribution in [0.2, 0.25) is 0 Å². The first-order valence-electron chi connectivity index (χ1n) is 6.85. The second-order valence-electron chi connectivity index (χ2n) is 4.74. The van der Waals surface area contributed by atoms with Crippen molar-refractivity contribution in [3.05, 3.63) is 53.2 Å². The van der Waals surface area contributed by atoms with Crippen LogP contribution < -0.4 is 10.1 Å². The van der Waals surface area contributed by atoms with Crippen molar-refractivity contribution in [1.82, 2.24) is 5.32 Å². The van der Waals surface area contributed by atoms with Crippen LogP contribution >= 0.6 is 0 Å². The van der Waals surface area contributed by atoms with E-state index >= 15 is 0 Å². The summed E-state index contributed by atoms with van der Waals surface area (Å²) in [5.74, 6) is 1.15. The Balaban J connectivity index is 1.97. The van der Waals surface area contributed by atoms with Crippen LogP contribution in [0.25, 0.3) is 0 Å². The summed E-state index contributed by atoms with van der Waals surface area (Å²) >= 11 is 0. The average Bonchev–Trinajstić information content (AvgIpc) is 2.88. The van der Waals surface area contributed by atoms with Crippen molar-refractivity contribution in [3.63, 3.8) is 0 Å². The van der Waals surface area contributed by atoms with E-state index in [0.29, 0.717) is 18.9 Å². The van der Waals surface area contributed by atoms with Gasteiger partial charge in [0.05, 0.1) is 12.8 Å². The molecule has 2 aromatic rings. The highest BCUT2D eigenvalue weighted by atomic mass is 19.1. The Morgan fingerprint density at radius 3 is 2.95 bits per heavy atom. The van der Waals surface area contributed by atoms with E-state index in [0.717, 1.165) is 29.9 Å². The lowest BCUT2D eigenvalue weighted by Crippen LogP contribution is -2.14. The first-order chi connectivity index (χ1) is 9.70. The second-order valence-corrected chi connectivity index (χ2v) is 4.74. The van der Waals surface area contributed by atoms with Crippen molar-refractivity contribution in [2.24, 2.45) is 0 Å². The summed E-state index contributed by atoms with van der Waals surface area (Å²) in [6, 6.07) is 6.44. The first-order valence-corrected chi connectivity index (χ1v) is 6.85. The minimum absolute atomic E-state index is 0.289. The van der Waals surface area contributed by atoms with E-state index < -0.39 is 0 Å². The molecule has 1 N–H and O–H groups in total. The Hall–Kier alpha value is -1.81. The first kappa shape index (κ1) is 14.6. The Morgan fingerprint density at radius 1 is 1.30 bits per heavy atom. The lowest BCUT2D eigenvalue weighted by molar-refractivity contribution is 0.297. The molecule has 2 rings (SSSR count). The maximum atomic E-state index is 13.2. The van der Waals surface area contributed by atoms with Crippen LogP contribution in [-0.4, -0.2) is 6.54 Å². The third kappa shape index (κ3) is 3.84. The number of aryl methyl sites for hydroxylation is 1. The molecule has 1 aromatic carbocycles. The van der Waals surface area contributed by atoms with Gasteiger partial charge < -0.3 is 14.5 Å². The molecule has 0 unspecified atom stereocenters. The number of nitrogens with one attached hydrogen (secondary N) is 1. The number of hydrogen-bond donors (Lipinski definition) is 1. The molecule has 0 fully saturated rings. The third-order valence-electron chi connectivity index (χ3n) is 3.08. The van der Waals surface area contributed by atoms with Crippen LogP contribution in [-0.2, 0) is 13.2 Å². The molecule has 20 heavy (non-hydrogen) atoms. The quantitative estimate of drug-likeness (QED) is 0.782. The van der Waals surface area contributed by atoms with Crippen LogP contribution in [0.1, 0.15) is 30.2 Å². The normalized spacial score (nSPS) is 10.8. The molecule has 4 heteroatoms.